The van der Waals surface area contributed by atoms with Gasteiger partial charge in [0.25, 0.3) is 0 Å². The Labute approximate surface area is 205 Å². The fourth-order valence-corrected chi connectivity index (χ4v) is 5.73. The molecular formula is C25H22F4N2O4S. The maximum Gasteiger partial charge on any atom is 0.433 e. The Hall–Kier alpha value is -3.31. The van der Waals surface area contributed by atoms with Gasteiger partial charge in [0.15, 0.2) is 5.78 Å². The molecule has 0 saturated carbocycles. The highest BCUT2D eigenvalue weighted by Gasteiger charge is 2.39. The molecule has 0 spiro atoms. The first-order chi connectivity index (χ1) is 17.0. The molecule has 0 aliphatic carbocycles. The summed E-state index contributed by atoms with van der Waals surface area (Å²) in [6.45, 7) is 0.200. The summed E-state index contributed by atoms with van der Waals surface area (Å²) in [7, 11) is -3.95. The van der Waals surface area contributed by atoms with E-state index in [1.165, 1.54) is 22.5 Å². The number of carbonyl (C=O) groups excluding carboxylic acids is 1. The number of ketones is 1. The number of aryl methyl sites for hydroxylation is 1. The summed E-state index contributed by atoms with van der Waals surface area (Å²) < 4.78 is 84.6. The Morgan fingerprint density at radius 2 is 1.78 bits per heavy atom. The smallest absolute Gasteiger partial charge is 0.433 e. The lowest BCUT2D eigenvalue weighted by atomic mass is 10.0. The van der Waals surface area contributed by atoms with E-state index < -0.39 is 33.8 Å². The topological polar surface area (TPSA) is 76.6 Å². The van der Waals surface area contributed by atoms with Crippen LogP contribution in [0.4, 0.5) is 17.6 Å². The van der Waals surface area contributed by atoms with Crippen molar-refractivity contribution in [2.75, 3.05) is 6.54 Å². The third-order valence-electron chi connectivity index (χ3n) is 5.81. The van der Waals surface area contributed by atoms with E-state index in [0.717, 1.165) is 24.4 Å². The highest BCUT2D eigenvalue weighted by molar-refractivity contribution is 7.89. The predicted molar refractivity (Wildman–Crippen MR) is 122 cm³/mol. The second-order valence-electron chi connectivity index (χ2n) is 8.32. The van der Waals surface area contributed by atoms with Gasteiger partial charge >= 0.3 is 6.18 Å². The molecule has 0 bridgehead atoms. The number of sulfonamides is 1. The lowest BCUT2D eigenvalue weighted by molar-refractivity contribution is -0.141. The maximum atomic E-state index is 13.2. The molecule has 1 fully saturated rings. The Balaban J connectivity index is 1.41. The van der Waals surface area contributed by atoms with E-state index in [2.05, 4.69) is 4.98 Å². The number of halogens is 4. The van der Waals surface area contributed by atoms with Gasteiger partial charge in [-0.05, 0) is 67.3 Å². The van der Waals surface area contributed by atoms with E-state index in [0.29, 0.717) is 30.6 Å². The van der Waals surface area contributed by atoms with Crippen molar-refractivity contribution in [2.45, 2.75) is 42.8 Å². The monoisotopic (exact) mass is 522 g/mol. The lowest BCUT2D eigenvalue weighted by Gasteiger charge is -2.23. The Morgan fingerprint density at radius 3 is 2.50 bits per heavy atom. The zero-order chi connectivity index (χ0) is 25.9. The number of hydrogen-bond acceptors (Lipinski definition) is 5. The predicted octanol–water partition coefficient (Wildman–Crippen LogP) is 5.39. The first-order valence-electron chi connectivity index (χ1n) is 11.1. The van der Waals surface area contributed by atoms with Crippen LogP contribution in [0.3, 0.4) is 0 Å². The molecule has 36 heavy (non-hydrogen) atoms. The first kappa shape index (κ1) is 25.8. The van der Waals surface area contributed by atoms with Crippen molar-refractivity contribution in [3.05, 3.63) is 83.9 Å². The summed E-state index contributed by atoms with van der Waals surface area (Å²) in [4.78, 5) is 16.2. The van der Waals surface area contributed by atoms with E-state index >= 15 is 0 Å². The Morgan fingerprint density at radius 1 is 1.06 bits per heavy atom. The van der Waals surface area contributed by atoms with Crippen molar-refractivity contribution in [1.82, 2.24) is 9.29 Å². The zero-order valence-corrected chi connectivity index (χ0v) is 19.7. The second kappa shape index (κ2) is 10.4. The molecule has 2 heterocycles. The Bertz CT molecular complexity index is 1340. The molecule has 6 nitrogen and oxygen atoms in total. The summed E-state index contributed by atoms with van der Waals surface area (Å²) >= 11 is 0. The van der Waals surface area contributed by atoms with Gasteiger partial charge < -0.3 is 4.74 Å². The van der Waals surface area contributed by atoms with Gasteiger partial charge in [-0.25, -0.2) is 12.8 Å². The molecule has 1 aliphatic rings. The first-order valence-corrected chi connectivity index (χ1v) is 12.6. The highest BCUT2D eigenvalue weighted by Crippen LogP contribution is 2.32. The van der Waals surface area contributed by atoms with E-state index in [1.54, 1.807) is 24.3 Å². The summed E-state index contributed by atoms with van der Waals surface area (Å²) in [6, 6.07) is 12.4. The largest absolute Gasteiger partial charge is 0.457 e. The number of carbonyl (C=O) groups is 1. The van der Waals surface area contributed by atoms with Crippen LogP contribution in [0.15, 0.2) is 71.8 Å². The highest BCUT2D eigenvalue weighted by atomic mass is 32.2. The van der Waals surface area contributed by atoms with Crippen LogP contribution in [0.2, 0.25) is 0 Å². The number of Topliss-reactive ketones (excluding diaryl/α,β-unsaturated/α-hetero) is 1. The number of benzene rings is 2. The van der Waals surface area contributed by atoms with Gasteiger partial charge in [-0.2, -0.15) is 17.5 Å². The van der Waals surface area contributed by atoms with E-state index in [9.17, 15) is 30.8 Å². The third kappa shape index (κ3) is 5.90. The number of hydrogen-bond donors (Lipinski definition) is 0. The molecular weight excluding hydrogens is 500 g/mol. The fourth-order valence-electron chi connectivity index (χ4n) is 4.06. The molecule has 1 aromatic heterocycles. The summed E-state index contributed by atoms with van der Waals surface area (Å²) in [5, 5.41) is 0. The SMILES string of the molecule is O=C(CCc1cccc(Oc2ccnc(C(F)(F)F)c2)c1)[C@@H]1CCCN1S(=O)(=O)c1ccc(F)cc1. The third-order valence-corrected chi connectivity index (χ3v) is 7.73. The number of alkyl halides is 3. The average molecular weight is 523 g/mol. The molecule has 190 valence electrons. The van der Waals surface area contributed by atoms with Gasteiger partial charge in [0.05, 0.1) is 10.9 Å². The summed E-state index contributed by atoms with van der Waals surface area (Å²) in [6.07, 6.45) is -2.30. The van der Waals surface area contributed by atoms with Gasteiger partial charge in [-0.1, -0.05) is 12.1 Å². The standard InChI is InChI=1S/C25H22F4N2O4S/c26-18-7-9-21(10-8-18)36(33,34)31-14-2-5-22(31)23(32)11-6-17-3-1-4-19(15-17)35-20-12-13-30-24(16-20)25(27,28)29/h1,3-4,7-10,12-13,15-16,22H,2,5-6,11,14H2/t22-/m0/s1. The average Bonchev–Trinajstić information content (AvgIpc) is 3.34. The van der Waals surface area contributed by atoms with Crippen molar-refractivity contribution < 1.29 is 35.5 Å². The minimum Gasteiger partial charge on any atom is -0.457 e. The van der Waals surface area contributed by atoms with E-state index in [-0.39, 0.29) is 29.4 Å². The van der Waals surface area contributed by atoms with Crippen LogP contribution >= 0.6 is 0 Å². The molecule has 11 heteroatoms. The molecule has 0 N–H and O–H groups in total. The quantitative estimate of drug-likeness (QED) is 0.371. The van der Waals surface area contributed by atoms with Gasteiger partial charge in [-0.15, -0.1) is 0 Å². The number of nitrogens with zero attached hydrogens (tertiary/aromatic N) is 2. The lowest BCUT2D eigenvalue weighted by Crippen LogP contribution is -2.40. The Kier molecular flexibility index (Phi) is 7.41. The van der Waals surface area contributed by atoms with E-state index in [1.807, 2.05) is 0 Å². The number of aromatic nitrogens is 1. The molecule has 0 amide bonds. The molecule has 1 saturated heterocycles. The van der Waals surface area contributed by atoms with Crippen LogP contribution in [0.5, 0.6) is 11.5 Å². The van der Waals surface area contributed by atoms with Crippen LogP contribution < -0.4 is 4.74 Å². The van der Waals surface area contributed by atoms with Crippen LogP contribution in [0.1, 0.15) is 30.5 Å². The molecule has 1 aliphatic heterocycles. The molecule has 2 aromatic carbocycles. The molecule has 1 atom stereocenters. The van der Waals surface area contributed by atoms with Gasteiger partial charge in [0, 0.05) is 25.2 Å². The molecule has 3 aromatic rings. The van der Waals surface area contributed by atoms with Crippen LogP contribution in [0, 0.1) is 5.82 Å². The van der Waals surface area contributed by atoms with E-state index in [4.69, 9.17) is 4.74 Å². The fraction of sp³-hybridized carbons (Fsp3) is 0.280. The molecule has 0 unspecified atom stereocenters. The summed E-state index contributed by atoms with van der Waals surface area (Å²) in [5.74, 6) is -0.536. The zero-order valence-electron chi connectivity index (χ0n) is 18.9. The summed E-state index contributed by atoms with van der Waals surface area (Å²) in [5.41, 5.74) is -0.365. The van der Waals surface area contributed by atoms with Crippen molar-refractivity contribution in [3.8, 4) is 11.5 Å². The van der Waals surface area contributed by atoms with Crippen molar-refractivity contribution in [3.63, 3.8) is 0 Å². The molecule has 4 rings (SSSR count). The number of ether oxygens (including phenoxy) is 1. The van der Waals surface area contributed by atoms with Crippen LogP contribution in [-0.2, 0) is 27.4 Å². The van der Waals surface area contributed by atoms with Gasteiger partial charge in [0.2, 0.25) is 10.0 Å². The van der Waals surface area contributed by atoms with Crippen LogP contribution in [-0.4, -0.2) is 36.1 Å². The minimum absolute atomic E-state index is 0.0295. The van der Waals surface area contributed by atoms with Gasteiger partial charge in [-0.3, -0.25) is 9.78 Å². The van der Waals surface area contributed by atoms with Crippen LogP contribution in [0.25, 0.3) is 0 Å². The minimum atomic E-state index is -4.60. The van der Waals surface area contributed by atoms with Gasteiger partial charge in [0.1, 0.15) is 23.0 Å². The number of pyridine rings is 1. The molecule has 0 radical (unpaired) electrons. The second-order valence-corrected chi connectivity index (χ2v) is 10.2. The van der Waals surface area contributed by atoms with Crippen molar-refractivity contribution >= 4 is 15.8 Å². The maximum absolute atomic E-state index is 13.2. The normalized spacial score (nSPS) is 16.7. The van der Waals surface area contributed by atoms with Crippen molar-refractivity contribution in [2.24, 2.45) is 0 Å². The number of rotatable bonds is 8. The van der Waals surface area contributed by atoms with Crippen molar-refractivity contribution in [1.29, 1.82) is 0 Å².